The molecule has 2 aromatic rings. The van der Waals surface area contributed by atoms with Gasteiger partial charge in [-0.3, -0.25) is 0 Å². The first kappa shape index (κ1) is 32.5. The second-order valence-electron chi connectivity index (χ2n) is 10.5. The first-order chi connectivity index (χ1) is 19.2. The van der Waals surface area contributed by atoms with Crippen LogP contribution in [-0.2, 0) is 0 Å². The number of para-hydroxylation sites is 1. The van der Waals surface area contributed by atoms with Gasteiger partial charge in [-0.05, 0) is 30.7 Å². The lowest BCUT2D eigenvalue weighted by Gasteiger charge is -2.12. The van der Waals surface area contributed by atoms with E-state index in [1.165, 1.54) is 89.9 Å². The molecule has 0 unspecified atom stereocenters. The van der Waals surface area contributed by atoms with Gasteiger partial charge in [0.2, 0.25) is 0 Å². The summed E-state index contributed by atoms with van der Waals surface area (Å²) in [6.45, 7) is 3.84. The Morgan fingerprint density at radius 3 is 1.41 bits per heavy atom. The lowest BCUT2D eigenvalue weighted by molar-refractivity contribution is 0.0695. The van der Waals surface area contributed by atoms with Crippen molar-refractivity contribution < 1.29 is 24.1 Å². The van der Waals surface area contributed by atoms with Gasteiger partial charge in [0.1, 0.15) is 17.2 Å². The van der Waals surface area contributed by atoms with Gasteiger partial charge in [0.05, 0.1) is 25.4 Å². The van der Waals surface area contributed by atoms with Crippen LogP contribution in [0.15, 0.2) is 48.5 Å². The van der Waals surface area contributed by atoms with Crippen LogP contribution in [0.25, 0.3) is 0 Å². The fourth-order valence-corrected chi connectivity index (χ4v) is 4.66. The molecule has 0 saturated carbocycles. The summed E-state index contributed by atoms with van der Waals surface area (Å²) in [6, 6.07) is 14.5. The van der Waals surface area contributed by atoms with Crippen LogP contribution in [0.2, 0.25) is 0 Å². The van der Waals surface area contributed by atoms with Gasteiger partial charge < -0.3 is 19.3 Å². The summed E-state index contributed by atoms with van der Waals surface area (Å²) in [5, 5.41) is 9.46. The second kappa shape index (κ2) is 22.2. The Morgan fingerprint density at radius 2 is 0.949 bits per heavy atom. The molecule has 0 atom stereocenters. The van der Waals surface area contributed by atoms with E-state index in [1.807, 2.05) is 30.3 Å². The molecule has 0 aliphatic carbocycles. The van der Waals surface area contributed by atoms with Crippen LogP contribution in [0.5, 0.6) is 17.2 Å². The summed E-state index contributed by atoms with van der Waals surface area (Å²) in [6.07, 6.45) is 22.0. The molecule has 39 heavy (non-hydrogen) atoms. The first-order valence-electron chi connectivity index (χ1n) is 15.5. The Hall–Kier alpha value is -2.69. The molecule has 0 bridgehead atoms. The number of unbranched alkanes of at least 4 members (excludes halogenated alkanes) is 15. The van der Waals surface area contributed by atoms with Crippen molar-refractivity contribution in [2.45, 2.75) is 116 Å². The minimum Gasteiger partial charge on any atom is -0.493 e. The Morgan fingerprint density at radius 1 is 0.538 bits per heavy atom. The zero-order valence-corrected chi connectivity index (χ0v) is 24.3. The van der Waals surface area contributed by atoms with E-state index in [-0.39, 0.29) is 5.56 Å². The topological polar surface area (TPSA) is 65.0 Å². The van der Waals surface area contributed by atoms with E-state index in [2.05, 4.69) is 6.92 Å². The van der Waals surface area contributed by atoms with Gasteiger partial charge in [-0.2, -0.15) is 0 Å². The van der Waals surface area contributed by atoms with Gasteiger partial charge in [0.15, 0.2) is 0 Å². The highest BCUT2D eigenvalue weighted by molar-refractivity contribution is 5.88. The number of carboxylic acids is 1. The number of ether oxygens (including phenoxy) is 3. The number of aromatic carboxylic acids is 1. The highest BCUT2D eigenvalue weighted by Gasteiger charge is 2.09. The molecule has 2 aromatic carbocycles. The van der Waals surface area contributed by atoms with Crippen molar-refractivity contribution in [3.8, 4) is 17.2 Å². The average molecular weight is 541 g/mol. The molecule has 0 radical (unpaired) electrons. The largest absolute Gasteiger partial charge is 0.493 e. The van der Waals surface area contributed by atoms with Crippen LogP contribution in [-0.4, -0.2) is 30.9 Å². The zero-order chi connectivity index (χ0) is 27.8. The van der Waals surface area contributed by atoms with E-state index in [0.717, 1.165) is 18.6 Å². The minimum absolute atomic E-state index is 0.176. The highest BCUT2D eigenvalue weighted by Crippen LogP contribution is 2.24. The first-order valence-corrected chi connectivity index (χ1v) is 15.5. The molecule has 0 aliphatic heterocycles. The zero-order valence-electron chi connectivity index (χ0n) is 24.3. The Bertz CT molecular complexity index is 867. The summed E-state index contributed by atoms with van der Waals surface area (Å²) in [7, 11) is 0. The third-order valence-electron chi connectivity index (χ3n) is 6.96. The van der Waals surface area contributed by atoms with Gasteiger partial charge in [-0.15, -0.1) is 0 Å². The fourth-order valence-electron chi connectivity index (χ4n) is 4.66. The van der Waals surface area contributed by atoms with Crippen LogP contribution in [0, 0.1) is 0 Å². The number of carboxylic acid groups (broad SMARTS) is 1. The third-order valence-corrected chi connectivity index (χ3v) is 6.96. The molecule has 0 aliphatic rings. The molecular formula is C34H52O5. The SMILES string of the molecule is CCCCCCCCCCCCCCCCCCOc1cc(OCCCOc2ccccc2)cc(C(=O)O)c1. The molecular weight excluding hydrogens is 488 g/mol. The maximum absolute atomic E-state index is 11.5. The predicted molar refractivity (Wildman–Crippen MR) is 160 cm³/mol. The van der Waals surface area contributed by atoms with E-state index < -0.39 is 5.97 Å². The molecule has 5 heteroatoms. The monoisotopic (exact) mass is 540 g/mol. The quantitative estimate of drug-likeness (QED) is 0.127. The van der Waals surface area contributed by atoms with Crippen molar-refractivity contribution in [2.24, 2.45) is 0 Å². The lowest BCUT2D eigenvalue weighted by Crippen LogP contribution is -2.06. The summed E-state index contributed by atoms with van der Waals surface area (Å²) >= 11 is 0. The number of carbonyl (C=O) groups is 1. The van der Waals surface area contributed by atoms with E-state index in [4.69, 9.17) is 14.2 Å². The van der Waals surface area contributed by atoms with Crippen molar-refractivity contribution >= 4 is 5.97 Å². The van der Waals surface area contributed by atoms with E-state index in [9.17, 15) is 9.90 Å². The molecule has 0 fully saturated rings. The normalized spacial score (nSPS) is 10.9. The Kier molecular flexibility index (Phi) is 18.5. The summed E-state index contributed by atoms with van der Waals surface area (Å²) in [4.78, 5) is 11.5. The Labute approximate surface area is 237 Å². The van der Waals surface area contributed by atoms with Gasteiger partial charge in [0, 0.05) is 12.5 Å². The van der Waals surface area contributed by atoms with Crippen molar-refractivity contribution in [2.75, 3.05) is 19.8 Å². The molecule has 0 aromatic heterocycles. The number of rotatable bonds is 25. The van der Waals surface area contributed by atoms with Gasteiger partial charge in [0.25, 0.3) is 0 Å². The maximum atomic E-state index is 11.5. The smallest absolute Gasteiger partial charge is 0.335 e. The van der Waals surface area contributed by atoms with Crippen molar-refractivity contribution in [3.63, 3.8) is 0 Å². The second-order valence-corrected chi connectivity index (χ2v) is 10.5. The fraction of sp³-hybridized carbons (Fsp3) is 0.618. The van der Waals surface area contributed by atoms with Gasteiger partial charge >= 0.3 is 5.97 Å². The molecule has 218 valence electrons. The van der Waals surface area contributed by atoms with Crippen molar-refractivity contribution in [3.05, 3.63) is 54.1 Å². The summed E-state index contributed by atoms with van der Waals surface area (Å²) in [5.41, 5.74) is 0.176. The molecule has 5 nitrogen and oxygen atoms in total. The van der Waals surface area contributed by atoms with E-state index in [0.29, 0.717) is 37.7 Å². The van der Waals surface area contributed by atoms with E-state index >= 15 is 0 Å². The van der Waals surface area contributed by atoms with Crippen LogP contribution in [0.3, 0.4) is 0 Å². The van der Waals surface area contributed by atoms with E-state index in [1.54, 1.807) is 18.2 Å². The molecule has 1 N–H and O–H groups in total. The highest BCUT2D eigenvalue weighted by atomic mass is 16.5. The number of hydrogen-bond donors (Lipinski definition) is 1. The average Bonchev–Trinajstić information content (AvgIpc) is 2.95. The van der Waals surface area contributed by atoms with Crippen LogP contribution < -0.4 is 14.2 Å². The van der Waals surface area contributed by atoms with Crippen LogP contribution in [0.4, 0.5) is 0 Å². The molecule has 2 rings (SSSR count). The maximum Gasteiger partial charge on any atom is 0.335 e. The standard InChI is InChI=1S/C34H52O5/c1-2-3-4-5-6-7-8-9-10-11-12-13-14-15-16-20-24-38-32-27-30(34(35)36)28-33(29-32)39-26-21-25-37-31-22-18-17-19-23-31/h17-19,22-23,27-29H,2-16,20-21,24-26H2,1H3,(H,35,36). The van der Waals surface area contributed by atoms with Crippen molar-refractivity contribution in [1.29, 1.82) is 0 Å². The van der Waals surface area contributed by atoms with Crippen LogP contribution in [0.1, 0.15) is 126 Å². The molecule has 0 heterocycles. The van der Waals surface area contributed by atoms with Crippen LogP contribution >= 0.6 is 0 Å². The number of benzene rings is 2. The molecule has 0 amide bonds. The minimum atomic E-state index is -0.986. The predicted octanol–water partition coefficient (Wildman–Crippen LogP) is 9.87. The van der Waals surface area contributed by atoms with Gasteiger partial charge in [-0.1, -0.05) is 121 Å². The molecule has 0 saturated heterocycles. The van der Waals surface area contributed by atoms with Crippen molar-refractivity contribution in [1.82, 2.24) is 0 Å². The summed E-state index contributed by atoms with van der Waals surface area (Å²) < 4.78 is 17.3. The molecule has 0 spiro atoms. The number of hydrogen-bond acceptors (Lipinski definition) is 4. The lowest BCUT2D eigenvalue weighted by atomic mass is 10.0. The Balaban J connectivity index is 1.49. The third kappa shape index (κ3) is 16.8. The summed E-state index contributed by atoms with van der Waals surface area (Å²) in [5.74, 6) is 0.901. The van der Waals surface area contributed by atoms with Gasteiger partial charge in [-0.25, -0.2) is 4.79 Å².